The van der Waals surface area contributed by atoms with Gasteiger partial charge >= 0.3 is 0 Å². The third kappa shape index (κ3) is 3.29. The Labute approximate surface area is 170 Å². The fourth-order valence-electron chi connectivity index (χ4n) is 3.66. The molecule has 5 nitrogen and oxygen atoms in total. The molecule has 2 aromatic heterocycles. The molecule has 0 fully saturated rings. The van der Waals surface area contributed by atoms with Crippen LogP contribution in [0.5, 0.6) is 11.5 Å². The molecule has 148 valence electrons. The Hall–Kier alpha value is -3.47. The lowest BCUT2D eigenvalue weighted by atomic mass is 10.1. The lowest BCUT2D eigenvalue weighted by Gasteiger charge is -2.16. The highest BCUT2D eigenvalue weighted by atomic mass is 16.5. The Balaban J connectivity index is 1.99. The van der Waals surface area contributed by atoms with Crippen molar-refractivity contribution in [1.82, 2.24) is 9.38 Å². The molecule has 0 aliphatic heterocycles. The Kier molecular flexibility index (Phi) is 4.89. The zero-order valence-corrected chi connectivity index (χ0v) is 17.4. The third-order valence-corrected chi connectivity index (χ3v) is 5.16. The Morgan fingerprint density at radius 2 is 1.62 bits per heavy atom. The molecular formula is C24H25N3O2. The summed E-state index contributed by atoms with van der Waals surface area (Å²) in [6, 6.07) is 16.3. The Morgan fingerprint density at radius 3 is 2.31 bits per heavy atom. The molecule has 29 heavy (non-hydrogen) atoms. The van der Waals surface area contributed by atoms with Crippen LogP contribution in [-0.2, 0) is 0 Å². The van der Waals surface area contributed by atoms with E-state index in [1.54, 1.807) is 14.2 Å². The van der Waals surface area contributed by atoms with Crippen LogP contribution in [0.15, 0.2) is 54.7 Å². The maximum absolute atomic E-state index is 5.69. The monoisotopic (exact) mass is 387 g/mol. The number of ether oxygens (including phenoxy) is 2. The van der Waals surface area contributed by atoms with E-state index in [9.17, 15) is 0 Å². The molecule has 4 aromatic rings. The van der Waals surface area contributed by atoms with Gasteiger partial charge in [-0.3, -0.25) is 4.40 Å². The highest BCUT2D eigenvalue weighted by molar-refractivity contribution is 5.85. The first kappa shape index (κ1) is 18.9. The van der Waals surface area contributed by atoms with E-state index in [-0.39, 0.29) is 0 Å². The molecule has 5 heteroatoms. The van der Waals surface area contributed by atoms with Crippen molar-refractivity contribution in [3.05, 3.63) is 71.4 Å². The largest absolute Gasteiger partial charge is 0.493 e. The minimum atomic E-state index is 0.666. The molecule has 1 N–H and O–H groups in total. The second-order valence-electron chi connectivity index (χ2n) is 7.17. The number of aryl methyl sites for hydroxylation is 3. The molecule has 0 atom stereocenters. The van der Waals surface area contributed by atoms with Crippen LogP contribution in [0.3, 0.4) is 0 Å². The molecule has 4 rings (SSSR count). The molecule has 0 saturated heterocycles. The van der Waals surface area contributed by atoms with Crippen LogP contribution in [0, 0.1) is 20.8 Å². The fourth-order valence-corrected chi connectivity index (χ4v) is 3.66. The number of imidazole rings is 1. The van der Waals surface area contributed by atoms with E-state index < -0.39 is 0 Å². The maximum Gasteiger partial charge on any atom is 0.170 e. The minimum Gasteiger partial charge on any atom is -0.493 e. The fraction of sp³-hybridized carbons (Fsp3) is 0.208. The van der Waals surface area contributed by atoms with Gasteiger partial charge in [-0.15, -0.1) is 0 Å². The van der Waals surface area contributed by atoms with E-state index in [1.807, 2.05) is 24.4 Å². The molecule has 0 bridgehead atoms. The minimum absolute atomic E-state index is 0.666. The predicted molar refractivity (Wildman–Crippen MR) is 118 cm³/mol. The van der Waals surface area contributed by atoms with Crippen molar-refractivity contribution in [2.75, 3.05) is 19.5 Å². The van der Waals surface area contributed by atoms with Crippen molar-refractivity contribution in [2.24, 2.45) is 0 Å². The van der Waals surface area contributed by atoms with Gasteiger partial charge in [-0.25, -0.2) is 4.98 Å². The Bertz CT molecular complexity index is 1170. The summed E-state index contributed by atoms with van der Waals surface area (Å²) in [5.41, 5.74) is 7.16. The summed E-state index contributed by atoms with van der Waals surface area (Å²) >= 11 is 0. The van der Waals surface area contributed by atoms with Crippen LogP contribution in [0.4, 0.5) is 11.5 Å². The lowest BCUT2D eigenvalue weighted by Crippen LogP contribution is -2.01. The van der Waals surface area contributed by atoms with Gasteiger partial charge < -0.3 is 14.8 Å². The summed E-state index contributed by atoms with van der Waals surface area (Å²) < 4.78 is 13.3. The predicted octanol–water partition coefficient (Wildman–Crippen LogP) is 5.69. The SMILES string of the molecule is COc1cccc(-c2nc3cc(C)ccn3c2Nc2c(C)cccc2C)c1OC. The number of hydrogen-bond donors (Lipinski definition) is 1. The quantitative estimate of drug-likeness (QED) is 0.478. The third-order valence-electron chi connectivity index (χ3n) is 5.16. The summed E-state index contributed by atoms with van der Waals surface area (Å²) in [5, 5.41) is 3.64. The number of methoxy groups -OCH3 is 2. The topological polar surface area (TPSA) is 47.8 Å². The zero-order chi connectivity index (χ0) is 20.5. The molecule has 0 amide bonds. The van der Waals surface area contributed by atoms with E-state index >= 15 is 0 Å². The number of nitrogens with one attached hydrogen (secondary N) is 1. The van der Waals surface area contributed by atoms with Crippen molar-refractivity contribution < 1.29 is 9.47 Å². The zero-order valence-electron chi connectivity index (χ0n) is 17.4. The number of hydrogen-bond acceptors (Lipinski definition) is 4. The molecule has 2 heterocycles. The molecular weight excluding hydrogens is 362 g/mol. The van der Waals surface area contributed by atoms with Gasteiger partial charge in [-0.05, 0) is 61.7 Å². The average molecular weight is 387 g/mol. The van der Waals surface area contributed by atoms with Gasteiger partial charge in [0.2, 0.25) is 0 Å². The molecule has 0 spiro atoms. The molecule has 0 saturated carbocycles. The summed E-state index contributed by atoms with van der Waals surface area (Å²) in [6.45, 7) is 6.28. The van der Waals surface area contributed by atoms with Crippen LogP contribution in [0.2, 0.25) is 0 Å². The Morgan fingerprint density at radius 1 is 0.897 bits per heavy atom. The van der Waals surface area contributed by atoms with Crippen LogP contribution in [-0.4, -0.2) is 23.6 Å². The highest BCUT2D eigenvalue weighted by Gasteiger charge is 2.21. The van der Waals surface area contributed by atoms with Gasteiger partial charge in [0.15, 0.2) is 11.5 Å². The molecule has 2 aromatic carbocycles. The number of fused-ring (bicyclic) bond motifs is 1. The van der Waals surface area contributed by atoms with Crippen molar-refractivity contribution in [1.29, 1.82) is 0 Å². The number of aromatic nitrogens is 2. The summed E-state index contributed by atoms with van der Waals surface area (Å²) in [7, 11) is 3.30. The molecule has 0 unspecified atom stereocenters. The van der Waals surface area contributed by atoms with Gasteiger partial charge in [0.05, 0.1) is 14.2 Å². The summed E-state index contributed by atoms with van der Waals surface area (Å²) in [6.07, 6.45) is 2.05. The van der Waals surface area contributed by atoms with Gasteiger partial charge in [0.25, 0.3) is 0 Å². The highest BCUT2D eigenvalue weighted by Crippen LogP contribution is 2.42. The molecule has 0 radical (unpaired) electrons. The van der Waals surface area contributed by atoms with Crippen LogP contribution >= 0.6 is 0 Å². The lowest BCUT2D eigenvalue weighted by molar-refractivity contribution is 0.356. The van der Waals surface area contributed by atoms with Crippen molar-refractivity contribution in [3.8, 4) is 22.8 Å². The molecule has 0 aliphatic rings. The maximum atomic E-state index is 5.69. The molecule has 0 aliphatic carbocycles. The van der Waals surface area contributed by atoms with Gasteiger partial charge in [-0.2, -0.15) is 0 Å². The summed E-state index contributed by atoms with van der Waals surface area (Å²) in [4.78, 5) is 4.95. The normalized spacial score (nSPS) is 10.9. The standard InChI is InChI=1S/C24H25N3O2/c1-15-12-13-27-20(14-15)25-22(18-10-7-11-19(28-4)23(18)29-5)24(27)26-21-16(2)8-6-9-17(21)3/h6-14,26H,1-5H3. The number of pyridine rings is 1. The van der Waals surface area contributed by atoms with E-state index in [0.29, 0.717) is 11.5 Å². The first-order valence-corrected chi connectivity index (χ1v) is 9.56. The van der Waals surface area contributed by atoms with E-state index in [1.165, 1.54) is 11.1 Å². The van der Waals surface area contributed by atoms with Gasteiger partial charge in [0, 0.05) is 17.4 Å². The number of nitrogens with zero attached hydrogens (tertiary/aromatic N) is 2. The van der Waals surface area contributed by atoms with Crippen LogP contribution in [0.1, 0.15) is 16.7 Å². The van der Waals surface area contributed by atoms with Crippen LogP contribution < -0.4 is 14.8 Å². The van der Waals surface area contributed by atoms with E-state index in [0.717, 1.165) is 34.0 Å². The number of rotatable bonds is 5. The van der Waals surface area contributed by atoms with Crippen molar-refractivity contribution in [2.45, 2.75) is 20.8 Å². The second-order valence-corrected chi connectivity index (χ2v) is 7.17. The van der Waals surface area contributed by atoms with E-state index in [4.69, 9.17) is 14.5 Å². The van der Waals surface area contributed by atoms with E-state index in [2.05, 4.69) is 60.8 Å². The average Bonchev–Trinajstić information content (AvgIpc) is 3.07. The van der Waals surface area contributed by atoms with Gasteiger partial charge in [0.1, 0.15) is 17.2 Å². The smallest absolute Gasteiger partial charge is 0.170 e. The van der Waals surface area contributed by atoms with Crippen molar-refractivity contribution >= 4 is 17.2 Å². The first-order chi connectivity index (χ1) is 14.0. The second kappa shape index (κ2) is 7.51. The van der Waals surface area contributed by atoms with Crippen LogP contribution in [0.25, 0.3) is 16.9 Å². The number of para-hydroxylation sites is 2. The number of anilines is 2. The van der Waals surface area contributed by atoms with Gasteiger partial charge in [-0.1, -0.05) is 24.3 Å². The number of benzene rings is 2. The van der Waals surface area contributed by atoms with Crippen molar-refractivity contribution in [3.63, 3.8) is 0 Å². The summed E-state index contributed by atoms with van der Waals surface area (Å²) in [5.74, 6) is 2.24. The first-order valence-electron chi connectivity index (χ1n) is 9.56.